The van der Waals surface area contributed by atoms with Gasteiger partial charge in [-0.2, -0.15) is 5.10 Å². The van der Waals surface area contributed by atoms with E-state index in [0.29, 0.717) is 5.84 Å². The smallest absolute Gasteiger partial charge is 0.141 e. The van der Waals surface area contributed by atoms with Crippen molar-refractivity contribution in [3.63, 3.8) is 0 Å². The van der Waals surface area contributed by atoms with E-state index < -0.39 is 0 Å². The number of hydrazone groups is 1. The monoisotopic (exact) mass is 294 g/mol. The first-order valence-corrected chi connectivity index (χ1v) is 7.60. The molecule has 1 aliphatic heterocycles. The Morgan fingerprint density at radius 2 is 1.77 bits per heavy atom. The fourth-order valence-electron chi connectivity index (χ4n) is 3.25. The predicted octanol–water partition coefficient (Wildman–Crippen LogP) is 2.33. The summed E-state index contributed by atoms with van der Waals surface area (Å²) in [5, 5.41) is 3.79. The second kappa shape index (κ2) is 6.20. The van der Waals surface area contributed by atoms with E-state index in [0.717, 1.165) is 19.5 Å². The summed E-state index contributed by atoms with van der Waals surface area (Å²) in [6, 6.07) is 16.8. The van der Waals surface area contributed by atoms with Gasteiger partial charge in [0.05, 0.1) is 6.04 Å². The maximum absolute atomic E-state index is 6.15. The van der Waals surface area contributed by atoms with E-state index in [4.69, 9.17) is 11.6 Å². The lowest BCUT2D eigenvalue weighted by Gasteiger charge is -2.36. The fourth-order valence-corrected chi connectivity index (χ4v) is 3.25. The van der Waals surface area contributed by atoms with Gasteiger partial charge in [-0.15, -0.1) is 0 Å². The summed E-state index contributed by atoms with van der Waals surface area (Å²) < 4.78 is 0. The Labute approximate surface area is 131 Å². The number of nitrogens with zero attached hydrogens (tertiary/aromatic N) is 2. The quantitative estimate of drug-likeness (QED) is 0.395. The molecule has 2 aromatic rings. The van der Waals surface area contributed by atoms with Crippen LogP contribution in [0.4, 0.5) is 0 Å². The van der Waals surface area contributed by atoms with E-state index in [-0.39, 0.29) is 6.04 Å². The van der Waals surface area contributed by atoms with Crippen LogP contribution < -0.4 is 11.6 Å². The average Bonchev–Trinajstić information content (AvgIpc) is 2.56. The number of hydrogen-bond donors (Lipinski definition) is 2. The molecule has 3 rings (SSSR count). The predicted molar refractivity (Wildman–Crippen MR) is 90.3 cm³/mol. The van der Waals surface area contributed by atoms with E-state index >= 15 is 0 Å². The molecule has 114 valence electrons. The van der Waals surface area contributed by atoms with E-state index in [9.17, 15) is 0 Å². The molecule has 0 aromatic heterocycles. The van der Waals surface area contributed by atoms with Crippen LogP contribution in [0.1, 0.15) is 28.3 Å². The van der Waals surface area contributed by atoms with Gasteiger partial charge in [0.2, 0.25) is 0 Å². The van der Waals surface area contributed by atoms with Crippen molar-refractivity contribution in [3.8, 4) is 0 Å². The molecule has 0 saturated heterocycles. The standard InChI is InChI=1S/C18H22N4/c1-13-6-2-5-9-16(13)17(18(19)21-20)22-11-10-14-7-3-4-8-15(14)12-22/h2-9,17H,10-12,20H2,1H3,(H2,19,21). The fraction of sp³-hybridized carbons (Fsp3) is 0.278. The molecule has 0 amide bonds. The summed E-state index contributed by atoms with van der Waals surface area (Å²) >= 11 is 0. The molecular formula is C18H22N4. The zero-order valence-corrected chi connectivity index (χ0v) is 12.9. The first-order chi connectivity index (χ1) is 10.7. The van der Waals surface area contributed by atoms with Gasteiger partial charge in [-0.25, -0.2) is 0 Å². The van der Waals surface area contributed by atoms with Gasteiger partial charge < -0.3 is 11.6 Å². The molecule has 1 atom stereocenters. The minimum atomic E-state index is -0.0699. The highest BCUT2D eigenvalue weighted by molar-refractivity contribution is 5.87. The van der Waals surface area contributed by atoms with Gasteiger partial charge in [0.25, 0.3) is 0 Å². The molecule has 1 unspecified atom stereocenters. The first-order valence-electron chi connectivity index (χ1n) is 7.60. The van der Waals surface area contributed by atoms with Gasteiger partial charge in [0, 0.05) is 13.1 Å². The van der Waals surface area contributed by atoms with Crippen molar-refractivity contribution in [1.82, 2.24) is 4.90 Å². The number of aryl methyl sites for hydroxylation is 1. The second-order valence-electron chi connectivity index (χ2n) is 5.80. The van der Waals surface area contributed by atoms with Crippen LogP contribution in [0.2, 0.25) is 0 Å². The Morgan fingerprint density at radius 1 is 1.09 bits per heavy atom. The van der Waals surface area contributed by atoms with Crippen molar-refractivity contribution in [1.29, 1.82) is 0 Å². The van der Waals surface area contributed by atoms with Gasteiger partial charge in [0.15, 0.2) is 0 Å². The lowest BCUT2D eigenvalue weighted by atomic mass is 9.94. The van der Waals surface area contributed by atoms with Crippen LogP contribution in [0.25, 0.3) is 0 Å². The Kier molecular flexibility index (Phi) is 4.11. The summed E-state index contributed by atoms with van der Waals surface area (Å²) in [6.45, 7) is 3.92. The van der Waals surface area contributed by atoms with E-state index in [1.54, 1.807) is 0 Å². The van der Waals surface area contributed by atoms with Crippen molar-refractivity contribution in [2.75, 3.05) is 6.54 Å². The molecule has 0 fully saturated rings. The summed E-state index contributed by atoms with van der Waals surface area (Å²) in [5.74, 6) is 5.96. The second-order valence-corrected chi connectivity index (χ2v) is 5.80. The minimum Gasteiger partial charge on any atom is -0.384 e. The van der Waals surface area contributed by atoms with Crippen molar-refractivity contribution in [3.05, 3.63) is 70.8 Å². The van der Waals surface area contributed by atoms with Crippen molar-refractivity contribution >= 4 is 5.84 Å². The van der Waals surface area contributed by atoms with Crippen LogP contribution >= 0.6 is 0 Å². The molecule has 0 saturated carbocycles. The Morgan fingerprint density at radius 3 is 2.50 bits per heavy atom. The maximum Gasteiger partial charge on any atom is 0.141 e. The van der Waals surface area contributed by atoms with Crippen LogP contribution in [0, 0.1) is 6.92 Å². The Hall–Kier alpha value is -2.33. The molecule has 0 radical (unpaired) electrons. The van der Waals surface area contributed by atoms with Crippen LogP contribution in [-0.4, -0.2) is 17.3 Å². The average molecular weight is 294 g/mol. The van der Waals surface area contributed by atoms with Crippen LogP contribution in [-0.2, 0) is 13.0 Å². The lowest BCUT2D eigenvalue weighted by molar-refractivity contribution is 0.222. The van der Waals surface area contributed by atoms with Crippen molar-refractivity contribution in [2.24, 2.45) is 16.7 Å². The topological polar surface area (TPSA) is 67.6 Å². The van der Waals surface area contributed by atoms with Gasteiger partial charge >= 0.3 is 0 Å². The summed E-state index contributed by atoms with van der Waals surface area (Å²) in [7, 11) is 0. The van der Waals surface area contributed by atoms with Crippen LogP contribution in [0.3, 0.4) is 0 Å². The van der Waals surface area contributed by atoms with Gasteiger partial charge in [-0.05, 0) is 35.6 Å². The highest BCUT2D eigenvalue weighted by Gasteiger charge is 2.28. The number of benzene rings is 2. The number of fused-ring (bicyclic) bond motifs is 1. The number of amidine groups is 1. The van der Waals surface area contributed by atoms with Gasteiger partial charge in [-0.3, -0.25) is 4.90 Å². The molecule has 4 N–H and O–H groups in total. The highest BCUT2D eigenvalue weighted by Crippen LogP contribution is 2.29. The normalized spacial score (nSPS) is 17.0. The molecule has 4 nitrogen and oxygen atoms in total. The van der Waals surface area contributed by atoms with E-state index in [1.165, 1.54) is 22.3 Å². The van der Waals surface area contributed by atoms with Crippen molar-refractivity contribution < 1.29 is 0 Å². The SMILES string of the molecule is Cc1ccccc1C(/C(N)=N/N)N1CCc2ccccc2C1. The minimum absolute atomic E-state index is 0.0699. The molecule has 1 heterocycles. The number of rotatable bonds is 3. The third-order valence-electron chi connectivity index (χ3n) is 4.44. The molecule has 2 aromatic carbocycles. The lowest BCUT2D eigenvalue weighted by Crippen LogP contribution is -2.41. The molecule has 22 heavy (non-hydrogen) atoms. The van der Waals surface area contributed by atoms with E-state index in [2.05, 4.69) is 53.3 Å². The molecule has 0 spiro atoms. The Balaban J connectivity index is 1.97. The number of hydrogen-bond acceptors (Lipinski definition) is 3. The van der Waals surface area contributed by atoms with Crippen LogP contribution in [0.5, 0.6) is 0 Å². The van der Waals surface area contributed by atoms with E-state index in [1.807, 2.05) is 12.1 Å². The zero-order chi connectivity index (χ0) is 15.5. The molecule has 0 aliphatic carbocycles. The zero-order valence-electron chi connectivity index (χ0n) is 12.9. The van der Waals surface area contributed by atoms with Gasteiger partial charge in [-0.1, -0.05) is 48.5 Å². The number of nitrogens with two attached hydrogens (primary N) is 2. The van der Waals surface area contributed by atoms with Crippen molar-refractivity contribution in [2.45, 2.75) is 25.9 Å². The molecule has 4 heteroatoms. The third kappa shape index (κ3) is 2.70. The largest absolute Gasteiger partial charge is 0.384 e. The molecule has 1 aliphatic rings. The summed E-state index contributed by atoms with van der Waals surface area (Å²) in [5.41, 5.74) is 11.3. The highest BCUT2D eigenvalue weighted by atomic mass is 15.2. The maximum atomic E-state index is 6.15. The van der Waals surface area contributed by atoms with Crippen LogP contribution in [0.15, 0.2) is 53.6 Å². The molecule has 0 bridgehead atoms. The first kappa shape index (κ1) is 14.6. The Bertz CT molecular complexity index is 693. The van der Waals surface area contributed by atoms with Gasteiger partial charge in [0.1, 0.15) is 5.84 Å². The third-order valence-corrected chi connectivity index (χ3v) is 4.44. The molecular weight excluding hydrogens is 272 g/mol. The summed E-state index contributed by atoms with van der Waals surface area (Å²) in [4.78, 5) is 2.36. The summed E-state index contributed by atoms with van der Waals surface area (Å²) in [6.07, 6.45) is 1.02.